The Morgan fingerprint density at radius 2 is 1.88 bits per heavy atom. The van der Waals surface area contributed by atoms with Crippen LogP contribution in [0, 0.1) is 0 Å². The van der Waals surface area contributed by atoms with Crippen LogP contribution in [0.4, 0.5) is 0 Å². The molecular formula is C14H13NO2. The minimum Gasteiger partial charge on any atom is -0.481 e. The van der Waals surface area contributed by atoms with Gasteiger partial charge in [-0.2, -0.15) is 0 Å². The molecule has 86 valence electrons. The number of nitrogens with zero attached hydrogens (tertiary/aromatic N) is 1. The lowest BCUT2D eigenvalue weighted by Crippen LogP contribution is -2.01. The van der Waals surface area contributed by atoms with Gasteiger partial charge in [-0.05, 0) is 23.3 Å². The van der Waals surface area contributed by atoms with E-state index in [2.05, 4.69) is 4.98 Å². The molecule has 0 amide bonds. The molecule has 2 rings (SSSR count). The molecule has 0 spiro atoms. The van der Waals surface area contributed by atoms with Gasteiger partial charge in [0.15, 0.2) is 0 Å². The van der Waals surface area contributed by atoms with Crippen molar-refractivity contribution in [1.29, 1.82) is 0 Å². The highest BCUT2D eigenvalue weighted by Gasteiger charge is 2.03. The smallest absolute Gasteiger partial charge is 0.307 e. The molecule has 2 aromatic rings. The summed E-state index contributed by atoms with van der Waals surface area (Å²) in [5.41, 5.74) is 2.86. The van der Waals surface area contributed by atoms with Gasteiger partial charge in [0.25, 0.3) is 0 Å². The van der Waals surface area contributed by atoms with Crippen molar-refractivity contribution in [3.63, 3.8) is 0 Å². The molecule has 0 saturated heterocycles. The molecule has 3 nitrogen and oxygen atoms in total. The van der Waals surface area contributed by atoms with Crippen LogP contribution in [0.5, 0.6) is 0 Å². The Bertz CT molecular complexity index is 509. The second kappa shape index (κ2) is 5.25. The molecule has 1 aromatic carbocycles. The summed E-state index contributed by atoms with van der Waals surface area (Å²) < 4.78 is 0. The predicted molar refractivity (Wildman–Crippen MR) is 64.8 cm³/mol. The van der Waals surface area contributed by atoms with E-state index in [0.717, 1.165) is 17.7 Å². The maximum absolute atomic E-state index is 10.6. The van der Waals surface area contributed by atoms with Crippen molar-refractivity contribution in [3.05, 3.63) is 65.5 Å². The summed E-state index contributed by atoms with van der Waals surface area (Å²) >= 11 is 0. The number of aromatic nitrogens is 1. The van der Waals surface area contributed by atoms with Crippen molar-refractivity contribution in [2.45, 2.75) is 12.8 Å². The fourth-order valence-corrected chi connectivity index (χ4v) is 1.71. The number of rotatable bonds is 4. The van der Waals surface area contributed by atoms with Crippen molar-refractivity contribution >= 4 is 5.97 Å². The van der Waals surface area contributed by atoms with E-state index < -0.39 is 5.97 Å². The Labute approximate surface area is 99.8 Å². The fraction of sp³-hybridized carbons (Fsp3) is 0.143. The molecule has 0 bridgehead atoms. The minimum atomic E-state index is -0.818. The van der Waals surface area contributed by atoms with E-state index in [1.54, 1.807) is 12.3 Å². The van der Waals surface area contributed by atoms with Crippen molar-refractivity contribution in [2.24, 2.45) is 0 Å². The van der Waals surface area contributed by atoms with Crippen LogP contribution in [0.25, 0.3) is 0 Å². The summed E-state index contributed by atoms with van der Waals surface area (Å²) in [4.78, 5) is 14.9. The number of hydrogen-bond acceptors (Lipinski definition) is 2. The molecule has 0 aliphatic carbocycles. The van der Waals surface area contributed by atoms with Gasteiger partial charge >= 0.3 is 5.97 Å². The molecule has 0 atom stereocenters. The molecular weight excluding hydrogens is 214 g/mol. The van der Waals surface area contributed by atoms with E-state index >= 15 is 0 Å². The summed E-state index contributed by atoms with van der Waals surface area (Å²) in [6, 6.07) is 13.6. The van der Waals surface area contributed by atoms with Crippen molar-refractivity contribution in [1.82, 2.24) is 4.98 Å². The zero-order chi connectivity index (χ0) is 12.1. The molecule has 0 radical (unpaired) electrons. The van der Waals surface area contributed by atoms with Gasteiger partial charge in [-0.25, -0.2) is 0 Å². The first-order valence-corrected chi connectivity index (χ1v) is 5.43. The number of aliphatic carboxylic acids is 1. The standard InChI is InChI=1S/C14H13NO2/c16-14(17)10-12-6-7-15-13(9-12)8-11-4-2-1-3-5-11/h1-7,9H,8,10H2,(H,16,17). The molecule has 1 heterocycles. The number of hydrogen-bond donors (Lipinski definition) is 1. The van der Waals surface area contributed by atoms with Gasteiger partial charge < -0.3 is 5.11 Å². The van der Waals surface area contributed by atoms with Crippen molar-refractivity contribution in [2.75, 3.05) is 0 Å². The van der Waals surface area contributed by atoms with E-state index in [4.69, 9.17) is 5.11 Å². The van der Waals surface area contributed by atoms with Gasteiger partial charge in [0.1, 0.15) is 0 Å². The number of carbonyl (C=O) groups is 1. The van der Waals surface area contributed by atoms with Crippen molar-refractivity contribution in [3.8, 4) is 0 Å². The second-order valence-electron chi connectivity index (χ2n) is 3.89. The third-order valence-electron chi connectivity index (χ3n) is 2.46. The molecule has 1 aromatic heterocycles. The topological polar surface area (TPSA) is 50.2 Å². The van der Waals surface area contributed by atoms with Crippen LogP contribution in [0.3, 0.4) is 0 Å². The number of carboxylic acid groups (broad SMARTS) is 1. The first-order valence-electron chi connectivity index (χ1n) is 5.43. The van der Waals surface area contributed by atoms with Gasteiger partial charge in [0, 0.05) is 18.3 Å². The molecule has 3 heteroatoms. The molecule has 0 unspecified atom stereocenters. The molecule has 1 N–H and O–H groups in total. The Balaban J connectivity index is 2.14. The second-order valence-corrected chi connectivity index (χ2v) is 3.89. The van der Waals surface area contributed by atoms with Crippen LogP contribution in [0.15, 0.2) is 48.7 Å². The summed E-state index contributed by atoms with van der Waals surface area (Å²) in [7, 11) is 0. The summed E-state index contributed by atoms with van der Waals surface area (Å²) in [5, 5.41) is 8.73. The molecule has 0 saturated carbocycles. The Morgan fingerprint density at radius 1 is 1.12 bits per heavy atom. The van der Waals surface area contributed by atoms with Crippen LogP contribution >= 0.6 is 0 Å². The Hall–Kier alpha value is -2.16. The average molecular weight is 227 g/mol. The maximum atomic E-state index is 10.6. The fourth-order valence-electron chi connectivity index (χ4n) is 1.71. The normalized spacial score (nSPS) is 10.1. The molecule has 0 fully saturated rings. The van der Waals surface area contributed by atoms with Crippen LogP contribution in [0.1, 0.15) is 16.8 Å². The van der Waals surface area contributed by atoms with E-state index in [0.29, 0.717) is 0 Å². The predicted octanol–water partition coefficient (Wildman–Crippen LogP) is 2.30. The average Bonchev–Trinajstić information content (AvgIpc) is 2.30. The zero-order valence-corrected chi connectivity index (χ0v) is 9.34. The van der Waals surface area contributed by atoms with Crippen molar-refractivity contribution < 1.29 is 9.90 Å². The SMILES string of the molecule is O=C(O)Cc1ccnc(Cc2ccccc2)c1. The highest BCUT2D eigenvalue weighted by molar-refractivity contribution is 5.70. The van der Waals surface area contributed by atoms with Gasteiger partial charge in [0.05, 0.1) is 6.42 Å². The zero-order valence-electron chi connectivity index (χ0n) is 9.34. The van der Waals surface area contributed by atoms with Gasteiger partial charge in [-0.3, -0.25) is 9.78 Å². The van der Waals surface area contributed by atoms with Crippen LogP contribution in [-0.2, 0) is 17.6 Å². The van der Waals surface area contributed by atoms with E-state index in [9.17, 15) is 4.79 Å². The first kappa shape index (κ1) is 11.3. The molecule has 0 aliphatic heterocycles. The quantitative estimate of drug-likeness (QED) is 0.871. The molecule has 17 heavy (non-hydrogen) atoms. The minimum absolute atomic E-state index is 0.0459. The number of benzene rings is 1. The third-order valence-corrected chi connectivity index (χ3v) is 2.46. The summed E-state index contributed by atoms with van der Waals surface area (Å²) in [5.74, 6) is -0.818. The highest BCUT2D eigenvalue weighted by atomic mass is 16.4. The van der Waals surface area contributed by atoms with E-state index in [1.165, 1.54) is 5.56 Å². The molecule has 0 aliphatic rings. The van der Waals surface area contributed by atoms with Crippen LogP contribution < -0.4 is 0 Å². The van der Waals surface area contributed by atoms with Gasteiger partial charge in [-0.1, -0.05) is 30.3 Å². The van der Waals surface area contributed by atoms with Crippen LogP contribution in [0.2, 0.25) is 0 Å². The lowest BCUT2D eigenvalue weighted by Gasteiger charge is -2.03. The van der Waals surface area contributed by atoms with Gasteiger partial charge in [-0.15, -0.1) is 0 Å². The first-order chi connectivity index (χ1) is 8.24. The maximum Gasteiger partial charge on any atom is 0.307 e. The number of carboxylic acids is 1. The van der Waals surface area contributed by atoms with E-state index in [1.807, 2.05) is 36.4 Å². The van der Waals surface area contributed by atoms with Gasteiger partial charge in [0.2, 0.25) is 0 Å². The Kier molecular flexibility index (Phi) is 3.50. The number of pyridine rings is 1. The third kappa shape index (κ3) is 3.41. The Morgan fingerprint density at radius 3 is 2.59 bits per heavy atom. The summed E-state index contributed by atoms with van der Waals surface area (Å²) in [6.45, 7) is 0. The lowest BCUT2D eigenvalue weighted by molar-refractivity contribution is -0.136. The lowest BCUT2D eigenvalue weighted by atomic mass is 10.1. The monoisotopic (exact) mass is 227 g/mol. The largest absolute Gasteiger partial charge is 0.481 e. The highest BCUT2D eigenvalue weighted by Crippen LogP contribution is 2.09. The van der Waals surface area contributed by atoms with E-state index in [-0.39, 0.29) is 6.42 Å². The van der Waals surface area contributed by atoms with Crippen LogP contribution in [-0.4, -0.2) is 16.1 Å². The summed E-state index contributed by atoms with van der Waals surface area (Å²) in [6.07, 6.45) is 2.44.